The minimum absolute atomic E-state index is 0. The van der Waals surface area contributed by atoms with Crippen molar-refractivity contribution in [2.45, 2.75) is 95.2 Å². The Morgan fingerprint density at radius 3 is 2.37 bits per heavy atom. The van der Waals surface area contributed by atoms with Crippen LogP contribution < -0.4 is 20.9 Å². The first-order valence-electron chi connectivity index (χ1n) is 15.4. The molecule has 0 spiro atoms. The van der Waals surface area contributed by atoms with E-state index in [4.69, 9.17) is 9.72 Å². The van der Waals surface area contributed by atoms with E-state index < -0.39 is 0 Å². The molecule has 0 saturated carbocycles. The van der Waals surface area contributed by atoms with Gasteiger partial charge in [-0.25, -0.2) is 4.98 Å². The van der Waals surface area contributed by atoms with Gasteiger partial charge in [0.25, 0.3) is 0 Å². The first-order chi connectivity index (χ1) is 18.8. The summed E-state index contributed by atoms with van der Waals surface area (Å²) in [7, 11) is 0. The van der Waals surface area contributed by atoms with E-state index in [0.29, 0.717) is 12.1 Å². The van der Waals surface area contributed by atoms with Gasteiger partial charge in [0.1, 0.15) is 5.82 Å². The third-order valence-corrected chi connectivity index (χ3v) is 9.07. The number of carbonyl (C=O) groups is 1. The van der Waals surface area contributed by atoms with Gasteiger partial charge in [-0.15, -0.1) is 37.2 Å². The van der Waals surface area contributed by atoms with E-state index in [-0.39, 0.29) is 55.1 Å². The maximum atomic E-state index is 12.8. The standard InChI is InChI=1S/C29H49N7O2.3ClH/c37-28(23-8-14-30-15-9-23)31-16-10-26-25(7-6-20-36(26)24-12-21-38-22-13-24)33-29-32-17-11-27(34-29)35-18-4-2-1-3-5-19-35;;;/h11,17,23-26,30H,1-10,12-16,18-22H2,(H,31,37)(H,32,33,34);3*1H/t25-,26+;;;/m0.../s1. The predicted molar refractivity (Wildman–Crippen MR) is 173 cm³/mol. The van der Waals surface area contributed by atoms with Gasteiger partial charge in [0.2, 0.25) is 11.9 Å². The van der Waals surface area contributed by atoms with Crippen LogP contribution in [0.15, 0.2) is 12.3 Å². The number of halogens is 3. The molecule has 0 bridgehead atoms. The molecule has 236 valence electrons. The Morgan fingerprint density at radius 1 is 0.927 bits per heavy atom. The highest BCUT2D eigenvalue weighted by atomic mass is 35.5. The van der Waals surface area contributed by atoms with Crippen LogP contribution in [0.2, 0.25) is 0 Å². The highest BCUT2D eigenvalue weighted by Crippen LogP contribution is 2.29. The number of nitrogens with one attached hydrogen (secondary N) is 3. The number of aromatic nitrogens is 2. The van der Waals surface area contributed by atoms with Gasteiger partial charge in [0.05, 0.1) is 0 Å². The molecule has 4 aliphatic heterocycles. The van der Waals surface area contributed by atoms with E-state index in [0.717, 1.165) is 103 Å². The fraction of sp³-hybridized carbons (Fsp3) is 0.828. The summed E-state index contributed by atoms with van der Waals surface area (Å²) in [6.45, 7) is 7.58. The molecule has 2 atom stereocenters. The van der Waals surface area contributed by atoms with Crippen molar-refractivity contribution in [1.82, 2.24) is 25.5 Å². The van der Waals surface area contributed by atoms with Gasteiger partial charge >= 0.3 is 0 Å². The number of rotatable bonds is 8. The molecule has 5 rings (SSSR count). The number of ether oxygens (including phenoxy) is 1. The summed E-state index contributed by atoms with van der Waals surface area (Å²) in [5.41, 5.74) is 0. The van der Waals surface area contributed by atoms with Crippen LogP contribution in [0.25, 0.3) is 0 Å². The first-order valence-corrected chi connectivity index (χ1v) is 15.4. The van der Waals surface area contributed by atoms with Crippen molar-refractivity contribution in [3.05, 3.63) is 12.3 Å². The number of amides is 1. The molecule has 12 heteroatoms. The van der Waals surface area contributed by atoms with E-state index >= 15 is 0 Å². The lowest BCUT2D eigenvalue weighted by Gasteiger charge is -2.47. The highest BCUT2D eigenvalue weighted by Gasteiger charge is 2.36. The molecule has 3 N–H and O–H groups in total. The Bertz CT molecular complexity index is 867. The predicted octanol–water partition coefficient (Wildman–Crippen LogP) is 4.44. The van der Waals surface area contributed by atoms with Crippen molar-refractivity contribution in [3.63, 3.8) is 0 Å². The van der Waals surface area contributed by atoms with Crippen LogP contribution in [0.3, 0.4) is 0 Å². The second-order valence-corrected chi connectivity index (χ2v) is 11.6. The Morgan fingerprint density at radius 2 is 1.63 bits per heavy atom. The monoisotopic (exact) mass is 635 g/mol. The molecule has 9 nitrogen and oxygen atoms in total. The maximum Gasteiger partial charge on any atom is 0.224 e. The Kier molecular flexibility index (Phi) is 16.9. The molecular formula is C29H52Cl3N7O2. The van der Waals surface area contributed by atoms with Gasteiger partial charge in [-0.2, -0.15) is 4.98 Å². The summed E-state index contributed by atoms with van der Waals surface area (Å²) < 4.78 is 5.69. The van der Waals surface area contributed by atoms with Crippen LogP contribution in [-0.2, 0) is 9.53 Å². The Labute approximate surface area is 265 Å². The van der Waals surface area contributed by atoms with Gasteiger partial charge in [-0.05, 0) is 83.5 Å². The van der Waals surface area contributed by atoms with Crippen LogP contribution in [-0.4, -0.2) is 91.4 Å². The molecule has 0 aromatic carbocycles. The van der Waals surface area contributed by atoms with E-state index in [1.807, 2.05) is 6.20 Å². The molecule has 1 aromatic rings. The second-order valence-electron chi connectivity index (χ2n) is 11.6. The van der Waals surface area contributed by atoms with Crippen LogP contribution >= 0.6 is 37.2 Å². The number of nitrogens with zero attached hydrogens (tertiary/aromatic N) is 4. The summed E-state index contributed by atoms with van der Waals surface area (Å²) in [5, 5.41) is 10.4. The van der Waals surface area contributed by atoms with Gasteiger partial charge in [-0.3, -0.25) is 9.69 Å². The molecule has 5 heterocycles. The molecule has 4 saturated heterocycles. The van der Waals surface area contributed by atoms with E-state index in [1.54, 1.807) is 0 Å². The number of hydrogen-bond donors (Lipinski definition) is 3. The third-order valence-electron chi connectivity index (χ3n) is 9.07. The average Bonchev–Trinajstić information content (AvgIpc) is 2.94. The normalized spacial score (nSPS) is 24.9. The Hall–Kier alpha value is -1.10. The highest BCUT2D eigenvalue weighted by molar-refractivity contribution is 5.86. The summed E-state index contributed by atoms with van der Waals surface area (Å²) in [4.78, 5) is 27.6. The number of likely N-dealkylation sites (tertiary alicyclic amines) is 1. The van der Waals surface area contributed by atoms with Crippen molar-refractivity contribution in [2.24, 2.45) is 5.92 Å². The smallest absolute Gasteiger partial charge is 0.224 e. The van der Waals surface area contributed by atoms with Crippen molar-refractivity contribution in [2.75, 3.05) is 62.7 Å². The van der Waals surface area contributed by atoms with Crippen molar-refractivity contribution in [1.29, 1.82) is 0 Å². The zero-order valence-corrected chi connectivity index (χ0v) is 26.9. The number of piperidine rings is 2. The lowest BCUT2D eigenvalue weighted by atomic mass is 9.90. The fourth-order valence-corrected chi connectivity index (χ4v) is 6.90. The summed E-state index contributed by atoms with van der Waals surface area (Å²) in [6, 6.07) is 3.22. The molecule has 4 aliphatic rings. The minimum Gasteiger partial charge on any atom is -0.381 e. The fourth-order valence-electron chi connectivity index (χ4n) is 6.90. The average molecular weight is 637 g/mol. The van der Waals surface area contributed by atoms with Crippen LogP contribution in [0, 0.1) is 5.92 Å². The Balaban J connectivity index is 0.00000196. The molecule has 1 aromatic heterocycles. The lowest BCUT2D eigenvalue weighted by molar-refractivity contribution is -0.125. The van der Waals surface area contributed by atoms with Gasteiger partial charge in [0, 0.05) is 63.1 Å². The third kappa shape index (κ3) is 10.5. The molecule has 41 heavy (non-hydrogen) atoms. The van der Waals surface area contributed by atoms with Crippen LogP contribution in [0.1, 0.15) is 77.0 Å². The van der Waals surface area contributed by atoms with E-state index in [2.05, 4.69) is 36.8 Å². The largest absolute Gasteiger partial charge is 0.381 e. The van der Waals surface area contributed by atoms with Gasteiger partial charge in [-0.1, -0.05) is 19.3 Å². The van der Waals surface area contributed by atoms with Crippen molar-refractivity contribution >= 4 is 54.9 Å². The van der Waals surface area contributed by atoms with Gasteiger partial charge < -0.3 is 25.6 Å². The lowest BCUT2D eigenvalue weighted by Crippen LogP contribution is -2.57. The zero-order chi connectivity index (χ0) is 26.0. The summed E-state index contributed by atoms with van der Waals surface area (Å²) in [6.07, 6.45) is 15.6. The molecule has 1 amide bonds. The zero-order valence-electron chi connectivity index (χ0n) is 24.4. The SMILES string of the molecule is Cl.Cl.Cl.O=C(NCC[C@@H]1[C@@H](Nc2nccc(N3CCCCCCC3)n2)CCCN1C1CCOCC1)C1CCNCC1. The number of anilines is 2. The first kappa shape index (κ1) is 36.1. The summed E-state index contributed by atoms with van der Waals surface area (Å²) >= 11 is 0. The maximum absolute atomic E-state index is 12.8. The number of carbonyl (C=O) groups excluding carboxylic acids is 1. The molecule has 0 unspecified atom stereocenters. The number of hydrogen-bond acceptors (Lipinski definition) is 8. The quantitative estimate of drug-likeness (QED) is 0.386. The summed E-state index contributed by atoms with van der Waals surface area (Å²) in [5.74, 6) is 2.18. The van der Waals surface area contributed by atoms with E-state index in [1.165, 1.54) is 38.5 Å². The van der Waals surface area contributed by atoms with Crippen LogP contribution in [0.4, 0.5) is 11.8 Å². The van der Waals surface area contributed by atoms with Crippen molar-refractivity contribution in [3.8, 4) is 0 Å². The molecule has 0 radical (unpaired) electrons. The second kappa shape index (κ2) is 19.2. The van der Waals surface area contributed by atoms with Crippen molar-refractivity contribution < 1.29 is 9.53 Å². The molecule has 0 aliphatic carbocycles. The van der Waals surface area contributed by atoms with Gasteiger partial charge in [0.15, 0.2) is 0 Å². The molecular weight excluding hydrogens is 585 g/mol. The van der Waals surface area contributed by atoms with E-state index in [9.17, 15) is 4.79 Å². The topological polar surface area (TPSA) is 94.7 Å². The minimum atomic E-state index is 0. The van der Waals surface area contributed by atoms with Crippen LogP contribution in [0.5, 0.6) is 0 Å². The molecule has 4 fully saturated rings.